The molecule has 0 unspecified atom stereocenters. The van der Waals surface area contributed by atoms with E-state index in [1.165, 1.54) is 0 Å². The van der Waals surface area contributed by atoms with E-state index < -0.39 is 11.9 Å². The average Bonchev–Trinajstić information content (AvgIpc) is 2.54. The second-order valence-corrected chi connectivity index (χ2v) is 3.55. The van der Waals surface area contributed by atoms with Gasteiger partial charge in [0.05, 0.1) is 5.71 Å². The molecule has 0 heterocycles. The van der Waals surface area contributed by atoms with Crippen molar-refractivity contribution in [2.24, 2.45) is 16.5 Å². The summed E-state index contributed by atoms with van der Waals surface area (Å²) in [6.45, 7) is 7.44. The third kappa shape index (κ3) is 1.71. The van der Waals surface area contributed by atoms with Crippen LogP contribution in [0.5, 0.6) is 0 Å². The van der Waals surface area contributed by atoms with Crippen molar-refractivity contribution >= 4 is 11.7 Å². The highest BCUT2D eigenvalue weighted by atomic mass is 16.6. The minimum absolute atomic E-state index is 0.311. The molecule has 1 rings (SSSR count). The molecule has 1 aliphatic rings. The predicted molar refractivity (Wildman–Crippen MR) is 48.5 cm³/mol. The fourth-order valence-electron chi connectivity index (χ4n) is 1.28. The lowest BCUT2D eigenvalue weighted by atomic mass is 10.1. The van der Waals surface area contributed by atoms with Crippen LogP contribution < -0.4 is 0 Å². The maximum absolute atomic E-state index is 10.7. The van der Waals surface area contributed by atoms with Gasteiger partial charge in [0.1, 0.15) is 12.5 Å². The van der Waals surface area contributed by atoms with Gasteiger partial charge < -0.3 is 9.94 Å². The average molecular weight is 183 g/mol. The summed E-state index contributed by atoms with van der Waals surface area (Å²) in [6.07, 6.45) is 1.56. The summed E-state index contributed by atoms with van der Waals surface area (Å²) in [5.74, 6) is -1.33. The van der Waals surface area contributed by atoms with Gasteiger partial charge in [0.2, 0.25) is 0 Å². The Morgan fingerprint density at radius 3 is 2.85 bits per heavy atom. The lowest BCUT2D eigenvalue weighted by Gasteiger charge is -1.93. The molecule has 0 spiro atoms. The zero-order valence-corrected chi connectivity index (χ0v) is 7.78. The molecule has 72 valence electrons. The van der Waals surface area contributed by atoms with E-state index in [9.17, 15) is 4.79 Å². The molecule has 4 heteroatoms. The Balaban J connectivity index is 2.59. The molecule has 1 N–H and O–H groups in total. The van der Waals surface area contributed by atoms with Crippen molar-refractivity contribution in [2.75, 3.05) is 6.61 Å². The van der Waals surface area contributed by atoms with Crippen molar-refractivity contribution < 1.29 is 14.7 Å². The number of carboxylic acid groups (broad SMARTS) is 1. The molecule has 1 aliphatic carbocycles. The fourth-order valence-corrected chi connectivity index (χ4v) is 1.28. The zero-order valence-electron chi connectivity index (χ0n) is 7.78. The Hall–Kier alpha value is -1.32. The standard InChI is InChI=1S/C9H13NO3/c1-4-5-13-10-7-6(8(11)12)9(7,2)3/h4,6H,1,5H2,2-3H3,(H,11,12)/b10-7-/t6-/m1/s1. The molecule has 4 nitrogen and oxygen atoms in total. The number of carboxylic acids is 1. The first-order valence-corrected chi connectivity index (χ1v) is 4.06. The fraction of sp³-hybridized carbons (Fsp3) is 0.556. The van der Waals surface area contributed by atoms with Gasteiger partial charge in [-0.1, -0.05) is 31.7 Å². The van der Waals surface area contributed by atoms with Gasteiger partial charge in [0, 0.05) is 5.41 Å². The Kier molecular flexibility index (Phi) is 2.40. The van der Waals surface area contributed by atoms with Crippen LogP contribution in [0.15, 0.2) is 17.8 Å². The number of aliphatic carboxylic acids is 1. The Morgan fingerprint density at radius 2 is 2.46 bits per heavy atom. The molecule has 0 amide bonds. The van der Waals surface area contributed by atoms with Gasteiger partial charge in [0.25, 0.3) is 0 Å². The molecular weight excluding hydrogens is 170 g/mol. The summed E-state index contributed by atoms with van der Waals surface area (Å²) < 4.78 is 0. The minimum Gasteiger partial charge on any atom is -0.481 e. The normalized spacial score (nSPS) is 26.9. The number of carbonyl (C=O) groups is 1. The smallest absolute Gasteiger partial charge is 0.313 e. The van der Waals surface area contributed by atoms with Crippen LogP contribution in [-0.2, 0) is 9.63 Å². The van der Waals surface area contributed by atoms with Crippen molar-refractivity contribution in [3.63, 3.8) is 0 Å². The van der Waals surface area contributed by atoms with E-state index in [-0.39, 0.29) is 5.41 Å². The summed E-state index contributed by atoms with van der Waals surface area (Å²) in [6, 6.07) is 0. The maximum Gasteiger partial charge on any atom is 0.313 e. The first kappa shape index (κ1) is 9.77. The van der Waals surface area contributed by atoms with E-state index in [0.717, 1.165) is 0 Å². The SMILES string of the molecule is C=CCO/N=C1/[C@H](C(=O)O)C1(C)C. The second-order valence-electron chi connectivity index (χ2n) is 3.55. The van der Waals surface area contributed by atoms with Crippen LogP contribution in [0.4, 0.5) is 0 Å². The van der Waals surface area contributed by atoms with E-state index >= 15 is 0 Å². The van der Waals surface area contributed by atoms with Gasteiger partial charge >= 0.3 is 5.97 Å². The van der Waals surface area contributed by atoms with E-state index in [2.05, 4.69) is 11.7 Å². The number of oxime groups is 1. The third-order valence-electron chi connectivity index (χ3n) is 2.17. The molecule has 0 aromatic heterocycles. The lowest BCUT2D eigenvalue weighted by Crippen LogP contribution is -2.03. The van der Waals surface area contributed by atoms with Crippen LogP contribution in [0.1, 0.15) is 13.8 Å². The zero-order chi connectivity index (χ0) is 10.1. The van der Waals surface area contributed by atoms with Gasteiger partial charge in [-0.25, -0.2) is 0 Å². The van der Waals surface area contributed by atoms with Gasteiger partial charge in [-0.3, -0.25) is 4.79 Å². The number of hydrogen-bond acceptors (Lipinski definition) is 3. The molecule has 1 saturated carbocycles. The number of rotatable bonds is 4. The molecule has 0 bridgehead atoms. The van der Waals surface area contributed by atoms with Crippen LogP contribution in [0.25, 0.3) is 0 Å². The minimum atomic E-state index is -0.842. The summed E-state index contributed by atoms with van der Waals surface area (Å²) in [7, 11) is 0. The predicted octanol–water partition coefficient (Wildman–Crippen LogP) is 1.29. The summed E-state index contributed by atoms with van der Waals surface area (Å²) >= 11 is 0. The number of hydrogen-bond donors (Lipinski definition) is 1. The van der Waals surface area contributed by atoms with Crippen LogP contribution in [0.3, 0.4) is 0 Å². The Bertz CT molecular complexity index is 268. The van der Waals surface area contributed by atoms with E-state index in [4.69, 9.17) is 9.94 Å². The first-order valence-electron chi connectivity index (χ1n) is 4.06. The van der Waals surface area contributed by atoms with Crippen molar-refractivity contribution in [2.45, 2.75) is 13.8 Å². The van der Waals surface area contributed by atoms with Crippen LogP contribution in [-0.4, -0.2) is 23.4 Å². The molecule has 0 aliphatic heterocycles. The van der Waals surface area contributed by atoms with Crippen molar-refractivity contribution in [3.05, 3.63) is 12.7 Å². The Labute approximate surface area is 76.9 Å². The molecule has 13 heavy (non-hydrogen) atoms. The van der Waals surface area contributed by atoms with Crippen molar-refractivity contribution in [1.29, 1.82) is 0 Å². The molecule has 1 fully saturated rings. The topological polar surface area (TPSA) is 58.9 Å². The van der Waals surface area contributed by atoms with Gasteiger partial charge in [-0.2, -0.15) is 0 Å². The van der Waals surface area contributed by atoms with Crippen molar-refractivity contribution in [1.82, 2.24) is 0 Å². The number of nitrogens with zero attached hydrogens (tertiary/aromatic N) is 1. The molecule has 0 radical (unpaired) electrons. The maximum atomic E-state index is 10.7. The summed E-state index contributed by atoms with van der Waals surface area (Å²) in [4.78, 5) is 15.5. The molecule has 1 atom stereocenters. The quantitative estimate of drug-likeness (QED) is 0.406. The molecule has 0 aromatic rings. The van der Waals surface area contributed by atoms with Gasteiger partial charge in [-0.15, -0.1) is 0 Å². The highest BCUT2D eigenvalue weighted by Gasteiger charge is 2.60. The van der Waals surface area contributed by atoms with Crippen molar-refractivity contribution in [3.8, 4) is 0 Å². The highest BCUT2D eigenvalue weighted by molar-refractivity contribution is 6.19. The largest absolute Gasteiger partial charge is 0.481 e. The summed E-state index contributed by atoms with van der Waals surface area (Å²) in [5, 5.41) is 12.5. The van der Waals surface area contributed by atoms with Crippen LogP contribution >= 0.6 is 0 Å². The second kappa shape index (κ2) is 3.20. The van der Waals surface area contributed by atoms with Gasteiger partial charge in [-0.05, 0) is 0 Å². The lowest BCUT2D eigenvalue weighted by molar-refractivity contribution is -0.138. The molecule has 0 aromatic carbocycles. The van der Waals surface area contributed by atoms with Crippen LogP contribution in [0, 0.1) is 11.3 Å². The summed E-state index contributed by atoms with van der Waals surface area (Å²) in [5.41, 5.74) is 0.245. The Morgan fingerprint density at radius 1 is 1.85 bits per heavy atom. The first-order chi connectivity index (χ1) is 6.01. The molecule has 0 saturated heterocycles. The monoisotopic (exact) mass is 183 g/mol. The third-order valence-corrected chi connectivity index (χ3v) is 2.17. The highest BCUT2D eigenvalue weighted by Crippen LogP contribution is 2.48. The molecular formula is C9H13NO3. The van der Waals surface area contributed by atoms with E-state index in [1.54, 1.807) is 6.08 Å². The van der Waals surface area contributed by atoms with E-state index in [0.29, 0.717) is 12.3 Å². The van der Waals surface area contributed by atoms with Crippen LogP contribution in [0.2, 0.25) is 0 Å². The van der Waals surface area contributed by atoms with Gasteiger partial charge in [0.15, 0.2) is 0 Å². The van der Waals surface area contributed by atoms with E-state index in [1.807, 2.05) is 13.8 Å².